The van der Waals surface area contributed by atoms with Gasteiger partial charge in [0.2, 0.25) is 0 Å². The van der Waals surface area contributed by atoms with E-state index in [4.69, 9.17) is 0 Å². The van der Waals surface area contributed by atoms with E-state index in [-0.39, 0.29) is 12.0 Å². The number of hydrogen-bond acceptors (Lipinski definition) is 2. The van der Waals surface area contributed by atoms with Gasteiger partial charge in [-0.1, -0.05) is 12.1 Å². The minimum atomic E-state index is -0.855. The molecule has 16 heavy (non-hydrogen) atoms. The Kier molecular flexibility index (Phi) is 3.31. The summed E-state index contributed by atoms with van der Waals surface area (Å²) in [5, 5.41) is 11.6. The van der Waals surface area contributed by atoms with Crippen LogP contribution in [0.3, 0.4) is 0 Å². The molecule has 4 heteroatoms. The van der Waals surface area contributed by atoms with Crippen molar-refractivity contribution in [3.05, 3.63) is 57.8 Å². The molecule has 0 fully saturated rings. The summed E-state index contributed by atoms with van der Waals surface area (Å²) >= 11 is 1.37. The van der Waals surface area contributed by atoms with E-state index in [0.29, 0.717) is 4.88 Å². The molecule has 0 aliphatic rings. The maximum Gasteiger partial charge on any atom is 0.129 e. The Morgan fingerprint density at radius 3 is 2.38 bits per heavy atom. The number of benzene rings is 1. The highest BCUT2D eigenvalue weighted by Crippen LogP contribution is 2.24. The number of hydrogen-bond donors (Lipinski definition) is 1. The Labute approximate surface area is 96.0 Å². The first-order chi connectivity index (χ1) is 7.68. The fourth-order valence-corrected chi connectivity index (χ4v) is 2.21. The van der Waals surface area contributed by atoms with Crippen molar-refractivity contribution in [2.45, 2.75) is 12.5 Å². The second-order valence-electron chi connectivity index (χ2n) is 3.44. The van der Waals surface area contributed by atoms with E-state index < -0.39 is 17.7 Å². The molecule has 1 nitrogen and oxygen atoms in total. The molecule has 0 aliphatic carbocycles. The molecule has 1 heterocycles. The zero-order valence-corrected chi connectivity index (χ0v) is 9.18. The molecule has 0 aliphatic heterocycles. The molecule has 0 saturated heterocycles. The molecule has 0 amide bonds. The Bertz CT molecular complexity index is 448. The summed E-state index contributed by atoms with van der Waals surface area (Å²) in [5.41, 5.74) is -0.0663. The van der Waals surface area contributed by atoms with E-state index in [2.05, 4.69) is 0 Å². The first kappa shape index (κ1) is 11.2. The Hall–Kier alpha value is -1.26. The van der Waals surface area contributed by atoms with Gasteiger partial charge in [-0.3, -0.25) is 0 Å². The largest absolute Gasteiger partial charge is 0.387 e. The molecule has 0 spiro atoms. The van der Waals surface area contributed by atoms with Crippen LogP contribution in [0.25, 0.3) is 0 Å². The van der Waals surface area contributed by atoms with E-state index >= 15 is 0 Å². The zero-order chi connectivity index (χ0) is 11.5. The van der Waals surface area contributed by atoms with Crippen molar-refractivity contribution in [3.8, 4) is 0 Å². The third-order valence-corrected chi connectivity index (χ3v) is 3.30. The Morgan fingerprint density at radius 2 is 1.81 bits per heavy atom. The molecule has 0 bridgehead atoms. The summed E-state index contributed by atoms with van der Waals surface area (Å²) in [6, 6.07) is 7.24. The molecule has 1 unspecified atom stereocenters. The zero-order valence-electron chi connectivity index (χ0n) is 8.36. The SMILES string of the molecule is OC(Cc1c(F)cccc1F)c1cccs1. The maximum absolute atomic E-state index is 13.3. The monoisotopic (exact) mass is 240 g/mol. The van der Waals surface area contributed by atoms with Crippen LogP contribution in [0.1, 0.15) is 16.5 Å². The molecule has 1 aromatic heterocycles. The van der Waals surface area contributed by atoms with E-state index in [0.717, 1.165) is 0 Å². The normalized spacial score (nSPS) is 12.7. The Balaban J connectivity index is 2.21. The number of aliphatic hydroxyl groups excluding tert-OH is 1. The van der Waals surface area contributed by atoms with Gasteiger partial charge in [0, 0.05) is 16.9 Å². The summed E-state index contributed by atoms with van der Waals surface area (Å²) in [5.74, 6) is -1.23. The molecule has 1 aromatic carbocycles. The van der Waals surface area contributed by atoms with Gasteiger partial charge in [-0.25, -0.2) is 8.78 Å². The standard InChI is InChI=1S/C12H10F2OS/c13-9-3-1-4-10(14)8(9)7-11(15)12-5-2-6-16-12/h1-6,11,15H,7H2. The first-order valence-corrected chi connectivity index (χ1v) is 5.71. The van der Waals surface area contributed by atoms with Gasteiger partial charge in [-0.2, -0.15) is 0 Å². The lowest BCUT2D eigenvalue weighted by molar-refractivity contribution is 0.179. The van der Waals surface area contributed by atoms with E-state index in [9.17, 15) is 13.9 Å². The number of rotatable bonds is 3. The van der Waals surface area contributed by atoms with Gasteiger partial charge < -0.3 is 5.11 Å². The third-order valence-electron chi connectivity index (χ3n) is 2.33. The predicted octanol–water partition coefficient (Wildman–Crippen LogP) is 3.30. The van der Waals surface area contributed by atoms with Crippen molar-refractivity contribution in [2.75, 3.05) is 0 Å². The third kappa shape index (κ3) is 2.28. The van der Waals surface area contributed by atoms with Crippen LogP contribution in [0, 0.1) is 11.6 Å². The lowest BCUT2D eigenvalue weighted by atomic mass is 10.1. The minimum absolute atomic E-state index is 0.0426. The van der Waals surface area contributed by atoms with Crippen molar-refractivity contribution in [1.82, 2.24) is 0 Å². The smallest absolute Gasteiger partial charge is 0.129 e. The van der Waals surface area contributed by atoms with Gasteiger partial charge in [0.1, 0.15) is 11.6 Å². The highest BCUT2D eigenvalue weighted by molar-refractivity contribution is 7.10. The van der Waals surface area contributed by atoms with Crippen LogP contribution in [0.4, 0.5) is 8.78 Å². The quantitative estimate of drug-likeness (QED) is 0.872. The van der Waals surface area contributed by atoms with E-state index in [1.54, 1.807) is 12.1 Å². The summed E-state index contributed by atoms with van der Waals surface area (Å²) in [7, 11) is 0. The maximum atomic E-state index is 13.3. The Morgan fingerprint density at radius 1 is 1.12 bits per heavy atom. The fraction of sp³-hybridized carbons (Fsp3) is 0.167. The minimum Gasteiger partial charge on any atom is -0.387 e. The topological polar surface area (TPSA) is 20.2 Å². The first-order valence-electron chi connectivity index (χ1n) is 4.83. The number of aliphatic hydroxyl groups is 1. The number of thiophene rings is 1. The van der Waals surface area contributed by atoms with E-state index in [1.165, 1.54) is 29.5 Å². The van der Waals surface area contributed by atoms with Crippen LogP contribution in [0.5, 0.6) is 0 Å². The molecule has 84 valence electrons. The van der Waals surface area contributed by atoms with Crippen LogP contribution in [-0.2, 0) is 6.42 Å². The van der Waals surface area contributed by atoms with Crippen molar-refractivity contribution in [2.24, 2.45) is 0 Å². The molecular formula is C12H10F2OS. The van der Waals surface area contributed by atoms with Gasteiger partial charge >= 0.3 is 0 Å². The summed E-state index contributed by atoms with van der Waals surface area (Å²) in [4.78, 5) is 0.711. The lowest BCUT2D eigenvalue weighted by Crippen LogP contribution is -2.04. The highest BCUT2D eigenvalue weighted by Gasteiger charge is 2.15. The summed E-state index contributed by atoms with van der Waals surface area (Å²) in [6.45, 7) is 0. The van der Waals surface area contributed by atoms with Crippen LogP contribution in [0.2, 0.25) is 0 Å². The second-order valence-corrected chi connectivity index (χ2v) is 4.41. The molecule has 2 rings (SSSR count). The average molecular weight is 240 g/mol. The lowest BCUT2D eigenvalue weighted by Gasteiger charge is -2.10. The van der Waals surface area contributed by atoms with Crippen LogP contribution < -0.4 is 0 Å². The van der Waals surface area contributed by atoms with Crippen LogP contribution in [0.15, 0.2) is 35.7 Å². The molecule has 1 N–H and O–H groups in total. The molecule has 2 aromatic rings. The molecule has 0 saturated carbocycles. The molecule has 0 radical (unpaired) electrons. The number of halogens is 2. The van der Waals surface area contributed by atoms with Crippen molar-refractivity contribution in [3.63, 3.8) is 0 Å². The fourth-order valence-electron chi connectivity index (χ4n) is 1.50. The van der Waals surface area contributed by atoms with Crippen molar-refractivity contribution >= 4 is 11.3 Å². The highest BCUT2D eigenvalue weighted by atomic mass is 32.1. The van der Waals surface area contributed by atoms with Gasteiger partial charge in [-0.15, -0.1) is 11.3 Å². The van der Waals surface area contributed by atoms with E-state index in [1.807, 2.05) is 5.38 Å². The summed E-state index contributed by atoms with van der Waals surface area (Å²) < 4.78 is 26.6. The summed E-state index contributed by atoms with van der Waals surface area (Å²) in [6.07, 6.45) is -0.898. The second kappa shape index (κ2) is 4.72. The average Bonchev–Trinajstić information content (AvgIpc) is 2.76. The molecular weight excluding hydrogens is 230 g/mol. The predicted molar refractivity (Wildman–Crippen MR) is 59.3 cm³/mol. The van der Waals surface area contributed by atoms with Gasteiger partial charge in [-0.05, 0) is 23.6 Å². The van der Waals surface area contributed by atoms with Gasteiger partial charge in [0.15, 0.2) is 0 Å². The van der Waals surface area contributed by atoms with Gasteiger partial charge in [0.05, 0.1) is 6.10 Å². The van der Waals surface area contributed by atoms with Crippen LogP contribution in [-0.4, -0.2) is 5.11 Å². The van der Waals surface area contributed by atoms with Crippen molar-refractivity contribution in [1.29, 1.82) is 0 Å². The van der Waals surface area contributed by atoms with Gasteiger partial charge in [0.25, 0.3) is 0 Å². The van der Waals surface area contributed by atoms with Crippen molar-refractivity contribution < 1.29 is 13.9 Å². The van der Waals surface area contributed by atoms with Crippen LogP contribution >= 0.6 is 11.3 Å². The molecule has 1 atom stereocenters.